The number of carbonyl (C=O) groups excluding carboxylic acids is 2. The number of nitrogens with one attached hydrogen (secondary N) is 2. The van der Waals surface area contributed by atoms with Gasteiger partial charge in [-0.05, 0) is 45.7 Å². The first-order valence-corrected chi connectivity index (χ1v) is 7.12. The molecule has 0 aromatic carbocycles. The predicted octanol–water partition coefficient (Wildman–Crippen LogP) is 1.27. The van der Waals surface area contributed by atoms with Crippen LogP contribution in [0.4, 0.5) is 0 Å². The molecule has 0 saturated carbocycles. The molecular weight excluding hydrogens is 244 g/mol. The van der Waals surface area contributed by atoms with E-state index in [0.717, 1.165) is 45.4 Å². The van der Waals surface area contributed by atoms with E-state index in [1.54, 1.807) is 7.11 Å². The molecule has 1 amide bonds. The molecule has 0 bridgehead atoms. The van der Waals surface area contributed by atoms with Crippen LogP contribution in [0, 0.1) is 0 Å². The fourth-order valence-corrected chi connectivity index (χ4v) is 1.62. The van der Waals surface area contributed by atoms with Gasteiger partial charge < -0.3 is 15.4 Å². The van der Waals surface area contributed by atoms with E-state index in [4.69, 9.17) is 4.74 Å². The van der Waals surface area contributed by atoms with Crippen molar-refractivity contribution in [3.8, 4) is 0 Å². The van der Waals surface area contributed by atoms with Gasteiger partial charge in [-0.2, -0.15) is 0 Å². The number of carbonyl (C=O) groups is 2. The summed E-state index contributed by atoms with van der Waals surface area (Å²) < 4.78 is 4.97. The molecule has 5 nitrogen and oxygen atoms in total. The van der Waals surface area contributed by atoms with E-state index in [1.165, 1.54) is 6.92 Å². The van der Waals surface area contributed by atoms with Crippen molar-refractivity contribution in [2.75, 3.05) is 33.4 Å². The number of methoxy groups -OCH3 is 1. The third-order valence-corrected chi connectivity index (χ3v) is 2.76. The fraction of sp³-hybridized carbons (Fsp3) is 0.857. The minimum Gasteiger partial charge on any atom is -0.385 e. The highest BCUT2D eigenvalue weighted by atomic mass is 16.5. The molecule has 0 aromatic rings. The van der Waals surface area contributed by atoms with Crippen LogP contribution in [0.15, 0.2) is 0 Å². The number of hydrogen-bond acceptors (Lipinski definition) is 4. The number of ketones is 1. The molecule has 0 aliphatic carbocycles. The van der Waals surface area contributed by atoms with Crippen molar-refractivity contribution in [3.05, 3.63) is 0 Å². The second-order valence-corrected chi connectivity index (χ2v) is 4.71. The Kier molecular flexibility index (Phi) is 12.8. The molecule has 0 saturated heterocycles. The van der Waals surface area contributed by atoms with Crippen molar-refractivity contribution >= 4 is 11.7 Å². The Balaban J connectivity index is 3.16. The van der Waals surface area contributed by atoms with E-state index >= 15 is 0 Å². The van der Waals surface area contributed by atoms with Gasteiger partial charge in [-0.15, -0.1) is 0 Å². The second-order valence-electron chi connectivity index (χ2n) is 4.71. The quantitative estimate of drug-likeness (QED) is 0.495. The van der Waals surface area contributed by atoms with Gasteiger partial charge in [0.2, 0.25) is 5.91 Å². The molecule has 5 heteroatoms. The molecule has 0 aromatic heterocycles. The largest absolute Gasteiger partial charge is 0.385 e. The highest BCUT2D eigenvalue weighted by Crippen LogP contribution is 1.95. The van der Waals surface area contributed by atoms with Gasteiger partial charge >= 0.3 is 0 Å². The number of ether oxygens (including phenoxy) is 1. The van der Waals surface area contributed by atoms with Crippen molar-refractivity contribution < 1.29 is 14.3 Å². The minimum atomic E-state index is 0.0429. The van der Waals surface area contributed by atoms with Gasteiger partial charge in [-0.3, -0.25) is 9.59 Å². The Bertz CT molecular complexity index is 245. The van der Waals surface area contributed by atoms with E-state index in [2.05, 4.69) is 10.6 Å². The summed E-state index contributed by atoms with van der Waals surface area (Å²) in [6.07, 6.45) is 5.07. The van der Waals surface area contributed by atoms with Crippen LogP contribution in [0.3, 0.4) is 0 Å². The SMILES string of the molecule is COCCCCNCCCCC(=O)NCCC(C)=O. The lowest BCUT2D eigenvalue weighted by Crippen LogP contribution is -2.25. The predicted molar refractivity (Wildman–Crippen MR) is 76.1 cm³/mol. The molecule has 0 aliphatic heterocycles. The average molecular weight is 272 g/mol. The van der Waals surface area contributed by atoms with Crippen LogP contribution in [0.1, 0.15) is 45.4 Å². The van der Waals surface area contributed by atoms with E-state index in [-0.39, 0.29) is 11.7 Å². The van der Waals surface area contributed by atoms with Gasteiger partial charge in [0.25, 0.3) is 0 Å². The third kappa shape index (κ3) is 15.0. The molecule has 0 radical (unpaired) electrons. The molecule has 0 rings (SSSR count). The first kappa shape index (κ1) is 18.1. The Morgan fingerprint density at radius 2 is 1.63 bits per heavy atom. The van der Waals surface area contributed by atoms with Gasteiger partial charge in [-0.25, -0.2) is 0 Å². The first-order valence-electron chi connectivity index (χ1n) is 7.12. The van der Waals surface area contributed by atoms with Crippen molar-refractivity contribution in [1.82, 2.24) is 10.6 Å². The van der Waals surface area contributed by atoms with Gasteiger partial charge in [0.1, 0.15) is 5.78 Å². The molecule has 112 valence electrons. The van der Waals surface area contributed by atoms with Crippen molar-refractivity contribution in [3.63, 3.8) is 0 Å². The number of rotatable bonds is 13. The van der Waals surface area contributed by atoms with E-state index in [0.29, 0.717) is 19.4 Å². The first-order chi connectivity index (χ1) is 9.16. The van der Waals surface area contributed by atoms with Crippen molar-refractivity contribution in [1.29, 1.82) is 0 Å². The standard InChI is InChI=1S/C14H28N2O3/c1-13(17)8-11-16-14(18)7-3-4-9-15-10-5-6-12-19-2/h15H,3-12H2,1-2H3,(H,16,18). The number of Topliss-reactive ketones (excluding diaryl/α,β-unsaturated/α-hetero) is 1. The molecule has 0 fully saturated rings. The van der Waals surface area contributed by atoms with Crippen LogP contribution in [0.5, 0.6) is 0 Å². The third-order valence-electron chi connectivity index (χ3n) is 2.76. The molecule has 2 N–H and O–H groups in total. The Morgan fingerprint density at radius 1 is 0.947 bits per heavy atom. The summed E-state index contributed by atoms with van der Waals surface area (Å²) in [5, 5.41) is 6.09. The van der Waals surface area contributed by atoms with Crippen LogP contribution >= 0.6 is 0 Å². The Hall–Kier alpha value is -0.940. The molecule has 0 aliphatic rings. The lowest BCUT2D eigenvalue weighted by atomic mass is 10.2. The average Bonchev–Trinajstić information content (AvgIpc) is 2.36. The minimum absolute atomic E-state index is 0.0429. The summed E-state index contributed by atoms with van der Waals surface area (Å²) in [7, 11) is 1.72. The van der Waals surface area contributed by atoms with Gasteiger partial charge in [0.05, 0.1) is 0 Å². The molecule has 0 unspecified atom stereocenters. The Labute approximate surface area is 116 Å². The normalized spacial score (nSPS) is 10.4. The van der Waals surface area contributed by atoms with E-state index in [9.17, 15) is 9.59 Å². The Morgan fingerprint density at radius 3 is 2.26 bits per heavy atom. The monoisotopic (exact) mass is 272 g/mol. The summed E-state index contributed by atoms with van der Waals surface area (Å²) in [5.41, 5.74) is 0. The number of unbranched alkanes of at least 4 members (excludes halogenated alkanes) is 2. The summed E-state index contributed by atoms with van der Waals surface area (Å²) >= 11 is 0. The van der Waals surface area contributed by atoms with Crippen LogP contribution in [-0.2, 0) is 14.3 Å². The summed E-state index contributed by atoms with van der Waals surface area (Å²) in [6, 6.07) is 0. The molecular formula is C14H28N2O3. The fourth-order valence-electron chi connectivity index (χ4n) is 1.62. The van der Waals surface area contributed by atoms with Crippen LogP contribution < -0.4 is 10.6 Å². The van der Waals surface area contributed by atoms with Crippen LogP contribution in [0.25, 0.3) is 0 Å². The van der Waals surface area contributed by atoms with Gasteiger partial charge in [0, 0.05) is 33.1 Å². The number of hydrogen-bond donors (Lipinski definition) is 2. The van der Waals surface area contributed by atoms with Crippen LogP contribution in [0.2, 0.25) is 0 Å². The van der Waals surface area contributed by atoms with E-state index in [1.807, 2.05) is 0 Å². The molecule has 0 spiro atoms. The van der Waals surface area contributed by atoms with E-state index < -0.39 is 0 Å². The van der Waals surface area contributed by atoms with Gasteiger partial charge in [-0.1, -0.05) is 0 Å². The second kappa shape index (κ2) is 13.5. The highest BCUT2D eigenvalue weighted by Gasteiger charge is 2.01. The lowest BCUT2D eigenvalue weighted by Gasteiger charge is -2.05. The molecule has 0 heterocycles. The number of amides is 1. The summed E-state index contributed by atoms with van der Waals surface area (Å²) in [4.78, 5) is 22.1. The maximum atomic E-state index is 11.4. The zero-order chi connectivity index (χ0) is 14.3. The zero-order valence-electron chi connectivity index (χ0n) is 12.3. The summed E-state index contributed by atoms with van der Waals surface area (Å²) in [6.45, 7) is 4.78. The maximum Gasteiger partial charge on any atom is 0.220 e. The molecule has 19 heavy (non-hydrogen) atoms. The molecule has 0 atom stereocenters. The topological polar surface area (TPSA) is 67.4 Å². The highest BCUT2D eigenvalue weighted by molar-refractivity contribution is 5.78. The van der Waals surface area contributed by atoms with Gasteiger partial charge in [0.15, 0.2) is 0 Å². The smallest absolute Gasteiger partial charge is 0.220 e. The van der Waals surface area contributed by atoms with Crippen LogP contribution in [-0.4, -0.2) is 45.0 Å². The van der Waals surface area contributed by atoms with Crippen molar-refractivity contribution in [2.24, 2.45) is 0 Å². The maximum absolute atomic E-state index is 11.4. The van der Waals surface area contributed by atoms with Crippen molar-refractivity contribution in [2.45, 2.75) is 45.4 Å². The lowest BCUT2D eigenvalue weighted by molar-refractivity contribution is -0.121. The zero-order valence-corrected chi connectivity index (χ0v) is 12.3. The summed E-state index contributed by atoms with van der Waals surface area (Å²) in [5.74, 6) is 0.152.